The largest absolute Gasteiger partial charge is 0.464 e. The van der Waals surface area contributed by atoms with Gasteiger partial charge >= 0.3 is 5.97 Å². The predicted molar refractivity (Wildman–Crippen MR) is 101 cm³/mol. The molecule has 142 valence electrons. The van der Waals surface area contributed by atoms with Crippen LogP contribution < -0.4 is 5.32 Å². The van der Waals surface area contributed by atoms with E-state index in [2.05, 4.69) is 5.32 Å². The van der Waals surface area contributed by atoms with Crippen molar-refractivity contribution in [2.24, 2.45) is 0 Å². The van der Waals surface area contributed by atoms with Crippen LogP contribution in [0.3, 0.4) is 0 Å². The van der Waals surface area contributed by atoms with Crippen molar-refractivity contribution < 1.29 is 19.2 Å². The van der Waals surface area contributed by atoms with Crippen LogP contribution in [0.1, 0.15) is 27.9 Å². The maximum Gasteiger partial charge on any atom is 0.306 e. The number of nitro groups is 1. The van der Waals surface area contributed by atoms with Gasteiger partial charge in [-0.15, -0.1) is 0 Å². The SMILES string of the molecule is Cc1ccc(CCC(=O)OCCNC(=O)c2ccc([N+](=O)[O-])cc2Cl)cc1. The fourth-order valence-corrected chi connectivity index (χ4v) is 2.56. The van der Waals surface area contributed by atoms with Crippen LogP contribution in [0.2, 0.25) is 5.02 Å². The molecule has 0 aliphatic rings. The molecule has 2 rings (SSSR count). The number of aryl methyl sites for hydroxylation is 2. The van der Waals surface area contributed by atoms with Gasteiger partial charge < -0.3 is 10.1 Å². The van der Waals surface area contributed by atoms with Gasteiger partial charge in [0.25, 0.3) is 11.6 Å². The van der Waals surface area contributed by atoms with Crippen molar-refractivity contribution in [2.75, 3.05) is 13.2 Å². The molecule has 8 heteroatoms. The van der Waals surface area contributed by atoms with Crippen LogP contribution in [0.15, 0.2) is 42.5 Å². The van der Waals surface area contributed by atoms with Gasteiger partial charge in [-0.25, -0.2) is 0 Å². The van der Waals surface area contributed by atoms with Crippen LogP contribution in [0.4, 0.5) is 5.69 Å². The van der Waals surface area contributed by atoms with Crippen LogP contribution in [0, 0.1) is 17.0 Å². The Bertz CT molecular complexity index is 836. The number of hydrogen-bond acceptors (Lipinski definition) is 5. The number of nitrogens with zero attached hydrogens (tertiary/aromatic N) is 1. The number of carbonyl (C=O) groups excluding carboxylic acids is 2. The predicted octanol–water partition coefficient (Wildman–Crippen LogP) is 3.46. The molecule has 0 aliphatic heterocycles. The first-order chi connectivity index (χ1) is 12.9. The first-order valence-corrected chi connectivity index (χ1v) is 8.68. The molecule has 1 amide bonds. The Morgan fingerprint density at radius 1 is 1.19 bits per heavy atom. The number of halogens is 1. The average molecular weight is 391 g/mol. The summed E-state index contributed by atoms with van der Waals surface area (Å²) in [6, 6.07) is 11.5. The molecule has 0 aromatic heterocycles. The highest BCUT2D eigenvalue weighted by Gasteiger charge is 2.14. The molecule has 1 N–H and O–H groups in total. The molecule has 0 aliphatic carbocycles. The van der Waals surface area contributed by atoms with E-state index in [9.17, 15) is 19.7 Å². The number of esters is 1. The third-order valence-corrected chi connectivity index (χ3v) is 4.11. The molecular formula is C19H19ClN2O5. The van der Waals surface area contributed by atoms with Crippen molar-refractivity contribution in [2.45, 2.75) is 19.8 Å². The van der Waals surface area contributed by atoms with Gasteiger partial charge in [-0.3, -0.25) is 19.7 Å². The molecule has 0 unspecified atom stereocenters. The number of nitrogens with one attached hydrogen (secondary N) is 1. The van der Waals surface area contributed by atoms with Gasteiger partial charge in [0.2, 0.25) is 0 Å². The number of benzene rings is 2. The smallest absolute Gasteiger partial charge is 0.306 e. The molecular weight excluding hydrogens is 372 g/mol. The third-order valence-electron chi connectivity index (χ3n) is 3.80. The van der Waals surface area contributed by atoms with E-state index in [1.807, 2.05) is 31.2 Å². The average Bonchev–Trinajstić information content (AvgIpc) is 2.64. The van der Waals surface area contributed by atoms with Gasteiger partial charge in [-0.1, -0.05) is 41.4 Å². The first-order valence-electron chi connectivity index (χ1n) is 8.30. The van der Waals surface area contributed by atoms with Gasteiger partial charge in [0.1, 0.15) is 6.61 Å². The van der Waals surface area contributed by atoms with Gasteiger partial charge in [0, 0.05) is 18.6 Å². The topological polar surface area (TPSA) is 98.5 Å². The minimum atomic E-state index is -0.594. The third kappa shape index (κ3) is 6.38. The Labute approximate surface area is 161 Å². The van der Waals surface area contributed by atoms with Crippen LogP contribution in [-0.4, -0.2) is 30.0 Å². The molecule has 0 spiro atoms. The lowest BCUT2D eigenvalue weighted by Crippen LogP contribution is -2.28. The second-order valence-corrected chi connectivity index (χ2v) is 6.29. The van der Waals surface area contributed by atoms with Gasteiger partial charge in [0.05, 0.1) is 22.1 Å². The summed E-state index contributed by atoms with van der Waals surface area (Å²) in [4.78, 5) is 33.8. The molecule has 2 aromatic carbocycles. The molecule has 0 bridgehead atoms. The minimum Gasteiger partial charge on any atom is -0.464 e. The summed E-state index contributed by atoms with van der Waals surface area (Å²) in [5.74, 6) is -0.844. The Balaban J connectivity index is 1.71. The van der Waals surface area contributed by atoms with E-state index in [4.69, 9.17) is 16.3 Å². The van der Waals surface area contributed by atoms with Gasteiger partial charge in [-0.05, 0) is 25.0 Å². The molecule has 0 radical (unpaired) electrons. The molecule has 7 nitrogen and oxygen atoms in total. The lowest BCUT2D eigenvalue weighted by Gasteiger charge is -2.08. The standard InChI is InChI=1S/C19H19ClN2O5/c1-13-2-4-14(5-3-13)6-9-18(23)27-11-10-21-19(24)16-8-7-15(22(25)26)12-17(16)20/h2-5,7-8,12H,6,9-11H2,1H3,(H,21,24). The molecule has 0 saturated carbocycles. The fraction of sp³-hybridized carbons (Fsp3) is 0.263. The minimum absolute atomic E-state index is 0.0169. The number of amides is 1. The van der Waals surface area contributed by atoms with E-state index < -0.39 is 10.8 Å². The number of nitro benzene ring substituents is 1. The first kappa shape index (κ1) is 20.4. The highest BCUT2D eigenvalue weighted by atomic mass is 35.5. The van der Waals surface area contributed by atoms with Crippen LogP contribution in [0.25, 0.3) is 0 Å². The Kier molecular flexibility index (Phi) is 7.31. The second kappa shape index (κ2) is 9.68. The lowest BCUT2D eigenvalue weighted by molar-refractivity contribution is -0.384. The van der Waals surface area contributed by atoms with E-state index in [0.717, 1.165) is 17.2 Å². The van der Waals surface area contributed by atoms with E-state index in [-0.39, 0.29) is 41.8 Å². The van der Waals surface area contributed by atoms with Crippen molar-refractivity contribution in [3.63, 3.8) is 0 Å². The molecule has 0 atom stereocenters. The molecule has 0 saturated heterocycles. The zero-order valence-electron chi connectivity index (χ0n) is 14.7. The number of non-ortho nitro benzene ring substituents is 1. The summed E-state index contributed by atoms with van der Waals surface area (Å²) in [6.07, 6.45) is 0.842. The fourth-order valence-electron chi connectivity index (χ4n) is 2.30. The molecule has 2 aromatic rings. The summed E-state index contributed by atoms with van der Waals surface area (Å²) < 4.78 is 5.08. The number of rotatable bonds is 8. The summed E-state index contributed by atoms with van der Waals surface area (Å²) in [7, 11) is 0. The van der Waals surface area contributed by atoms with E-state index >= 15 is 0 Å². The van der Waals surface area contributed by atoms with Crippen molar-refractivity contribution >= 4 is 29.2 Å². The highest BCUT2D eigenvalue weighted by molar-refractivity contribution is 6.34. The van der Waals surface area contributed by atoms with Crippen LogP contribution in [0.5, 0.6) is 0 Å². The normalized spacial score (nSPS) is 10.3. The van der Waals surface area contributed by atoms with E-state index in [1.165, 1.54) is 12.1 Å². The summed E-state index contributed by atoms with van der Waals surface area (Å²) in [6.45, 7) is 2.14. The second-order valence-electron chi connectivity index (χ2n) is 5.88. The highest BCUT2D eigenvalue weighted by Crippen LogP contribution is 2.22. The molecule has 0 heterocycles. The number of hydrogen-bond donors (Lipinski definition) is 1. The number of carbonyl (C=O) groups is 2. The Morgan fingerprint density at radius 3 is 2.52 bits per heavy atom. The molecule has 0 fully saturated rings. The zero-order chi connectivity index (χ0) is 19.8. The van der Waals surface area contributed by atoms with Crippen molar-refractivity contribution in [3.8, 4) is 0 Å². The Hall–Kier alpha value is -2.93. The lowest BCUT2D eigenvalue weighted by atomic mass is 10.1. The van der Waals surface area contributed by atoms with E-state index in [0.29, 0.717) is 6.42 Å². The monoisotopic (exact) mass is 390 g/mol. The quantitative estimate of drug-likeness (QED) is 0.322. The van der Waals surface area contributed by atoms with Gasteiger partial charge in [-0.2, -0.15) is 0 Å². The Morgan fingerprint density at radius 2 is 1.89 bits per heavy atom. The summed E-state index contributed by atoms with van der Waals surface area (Å²) in [5.41, 5.74) is 2.14. The van der Waals surface area contributed by atoms with Crippen molar-refractivity contribution in [3.05, 3.63) is 74.3 Å². The van der Waals surface area contributed by atoms with Crippen LogP contribution >= 0.6 is 11.6 Å². The zero-order valence-corrected chi connectivity index (χ0v) is 15.5. The maximum absolute atomic E-state index is 12.0. The van der Waals surface area contributed by atoms with E-state index in [1.54, 1.807) is 0 Å². The summed E-state index contributed by atoms with van der Waals surface area (Å²) in [5, 5.41) is 13.2. The maximum atomic E-state index is 12.0. The summed E-state index contributed by atoms with van der Waals surface area (Å²) >= 11 is 5.89. The van der Waals surface area contributed by atoms with Crippen molar-refractivity contribution in [1.29, 1.82) is 0 Å². The van der Waals surface area contributed by atoms with Crippen molar-refractivity contribution in [1.82, 2.24) is 5.32 Å². The van der Waals surface area contributed by atoms with Gasteiger partial charge in [0.15, 0.2) is 0 Å². The number of ether oxygens (including phenoxy) is 1. The van der Waals surface area contributed by atoms with Crippen LogP contribution in [-0.2, 0) is 16.0 Å². The molecule has 27 heavy (non-hydrogen) atoms.